The van der Waals surface area contributed by atoms with Crippen LogP contribution in [0.15, 0.2) is 17.4 Å². The molecule has 0 aromatic carbocycles. The Labute approximate surface area is 64.4 Å². The molecule has 2 N–H and O–H groups in total. The lowest BCUT2D eigenvalue weighted by molar-refractivity contribution is 1.03. The normalized spacial score (nSPS) is 9.55. The highest BCUT2D eigenvalue weighted by Crippen LogP contribution is 2.10. The third kappa shape index (κ3) is 1.73. The monoisotopic (exact) mass is 151 g/mol. The molecule has 0 amide bonds. The Morgan fingerprint density at radius 3 is 3.09 bits per heavy atom. The van der Waals surface area contributed by atoms with Gasteiger partial charge >= 0.3 is 0 Å². The van der Waals surface area contributed by atoms with Crippen LogP contribution in [0.4, 0.5) is 5.82 Å². The number of nitrogens with two attached hydrogens (primary N) is 1. The number of hydrogen-bond donors (Lipinski definition) is 1. The molecule has 0 aliphatic rings. The molecule has 1 rings (SSSR count). The smallest absolute Gasteiger partial charge is 0.128 e. The lowest BCUT2D eigenvalue weighted by Crippen LogP contribution is -1.96. The first-order valence-electron chi connectivity index (χ1n) is 3.24. The fourth-order valence-electron chi connectivity index (χ4n) is 0.836. The van der Waals surface area contributed by atoms with Crippen molar-refractivity contribution in [3.8, 4) is 0 Å². The Bertz CT molecular complexity index is 272. The quantitative estimate of drug-likeness (QED) is 0.646. The zero-order valence-corrected chi connectivity index (χ0v) is 6.24. The number of nitroso groups, excluding NO2 is 1. The molecule has 0 aliphatic carbocycles. The Morgan fingerprint density at radius 1 is 1.73 bits per heavy atom. The van der Waals surface area contributed by atoms with Crippen LogP contribution in [0, 0.1) is 11.8 Å². The van der Waals surface area contributed by atoms with Gasteiger partial charge in [-0.3, -0.25) is 0 Å². The maximum absolute atomic E-state index is 9.90. The number of nitrogens with zero attached hydrogens (tertiary/aromatic N) is 2. The predicted molar refractivity (Wildman–Crippen MR) is 42.9 cm³/mol. The second-order valence-electron chi connectivity index (χ2n) is 2.34. The third-order valence-electron chi connectivity index (χ3n) is 1.37. The van der Waals surface area contributed by atoms with E-state index in [1.54, 1.807) is 6.20 Å². The highest BCUT2D eigenvalue weighted by atomic mass is 16.3. The van der Waals surface area contributed by atoms with Gasteiger partial charge in [-0.25, -0.2) is 4.98 Å². The molecule has 1 heterocycles. The van der Waals surface area contributed by atoms with E-state index in [1.807, 2.05) is 13.0 Å². The minimum absolute atomic E-state index is 0.0977. The minimum Gasteiger partial charge on any atom is -0.383 e. The standard InChI is InChI=1S/C7H9N3O/c1-5-2-6(4-10-11)7(8)9-3-5/h2-3H,4H2,1H3,(H2,8,9). The van der Waals surface area contributed by atoms with E-state index in [1.165, 1.54) is 0 Å². The fourth-order valence-corrected chi connectivity index (χ4v) is 0.836. The number of aryl methyl sites for hydroxylation is 1. The number of hydrogen-bond acceptors (Lipinski definition) is 4. The van der Waals surface area contributed by atoms with E-state index < -0.39 is 0 Å². The van der Waals surface area contributed by atoms with Gasteiger partial charge in [-0.2, -0.15) is 4.91 Å². The summed E-state index contributed by atoms with van der Waals surface area (Å²) < 4.78 is 0. The fraction of sp³-hybridized carbons (Fsp3) is 0.286. The van der Waals surface area contributed by atoms with E-state index in [0.717, 1.165) is 5.56 Å². The molecule has 0 bridgehead atoms. The van der Waals surface area contributed by atoms with Gasteiger partial charge in [0.2, 0.25) is 0 Å². The Hall–Kier alpha value is -1.45. The lowest BCUT2D eigenvalue weighted by Gasteiger charge is -1.99. The van der Waals surface area contributed by atoms with Gasteiger partial charge in [-0.1, -0.05) is 5.18 Å². The van der Waals surface area contributed by atoms with Gasteiger partial charge in [0.05, 0.1) is 0 Å². The topological polar surface area (TPSA) is 68.3 Å². The molecule has 1 aromatic heterocycles. The Balaban J connectivity index is 3.01. The minimum atomic E-state index is 0.0977. The summed E-state index contributed by atoms with van der Waals surface area (Å²) in [5, 5.41) is 2.74. The van der Waals surface area contributed by atoms with E-state index in [2.05, 4.69) is 10.2 Å². The number of nitrogen functional groups attached to an aromatic ring is 1. The molecule has 0 spiro atoms. The van der Waals surface area contributed by atoms with Crippen molar-refractivity contribution in [3.05, 3.63) is 28.3 Å². The highest BCUT2D eigenvalue weighted by Gasteiger charge is 1.99. The van der Waals surface area contributed by atoms with E-state index in [4.69, 9.17) is 5.73 Å². The summed E-state index contributed by atoms with van der Waals surface area (Å²) in [6, 6.07) is 1.81. The van der Waals surface area contributed by atoms with Crippen LogP contribution in [0.25, 0.3) is 0 Å². The largest absolute Gasteiger partial charge is 0.383 e. The van der Waals surface area contributed by atoms with Gasteiger partial charge in [0.15, 0.2) is 0 Å². The lowest BCUT2D eigenvalue weighted by atomic mass is 10.2. The Morgan fingerprint density at radius 2 is 2.45 bits per heavy atom. The van der Waals surface area contributed by atoms with Crippen LogP contribution in [0.5, 0.6) is 0 Å². The van der Waals surface area contributed by atoms with Crippen molar-refractivity contribution < 1.29 is 0 Å². The van der Waals surface area contributed by atoms with Crippen molar-refractivity contribution >= 4 is 5.82 Å². The molecule has 0 saturated heterocycles. The van der Waals surface area contributed by atoms with Crippen molar-refractivity contribution in [1.29, 1.82) is 0 Å². The van der Waals surface area contributed by atoms with Crippen molar-refractivity contribution in [3.63, 3.8) is 0 Å². The summed E-state index contributed by atoms with van der Waals surface area (Å²) in [6.07, 6.45) is 1.66. The molecule has 0 saturated carbocycles. The van der Waals surface area contributed by atoms with E-state index in [-0.39, 0.29) is 6.54 Å². The van der Waals surface area contributed by atoms with Crippen molar-refractivity contribution in [2.45, 2.75) is 13.5 Å². The van der Waals surface area contributed by atoms with Crippen LogP contribution < -0.4 is 5.73 Å². The number of aromatic nitrogens is 1. The number of rotatable bonds is 2. The highest BCUT2D eigenvalue weighted by molar-refractivity contribution is 5.40. The zero-order valence-electron chi connectivity index (χ0n) is 6.24. The molecular formula is C7H9N3O. The molecule has 0 unspecified atom stereocenters. The second kappa shape index (κ2) is 3.09. The zero-order chi connectivity index (χ0) is 8.27. The van der Waals surface area contributed by atoms with Gasteiger partial charge in [-0.05, 0) is 18.6 Å². The van der Waals surface area contributed by atoms with Gasteiger partial charge in [0.1, 0.15) is 12.4 Å². The maximum Gasteiger partial charge on any atom is 0.128 e. The molecule has 0 radical (unpaired) electrons. The summed E-state index contributed by atoms with van der Waals surface area (Å²) in [5.41, 5.74) is 7.14. The molecule has 11 heavy (non-hydrogen) atoms. The van der Waals surface area contributed by atoms with Gasteiger partial charge in [0.25, 0.3) is 0 Å². The summed E-state index contributed by atoms with van der Waals surface area (Å²) in [6.45, 7) is 1.99. The van der Waals surface area contributed by atoms with Gasteiger partial charge < -0.3 is 5.73 Å². The predicted octanol–water partition coefficient (Wildman–Crippen LogP) is 1.24. The van der Waals surface area contributed by atoms with E-state index >= 15 is 0 Å². The molecular weight excluding hydrogens is 142 g/mol. The first-order chi connectivity index (χ1) is 5.24. The van der Waals surface area contributed by atoms with Crippen LogP contribution >= 0.6 is 0 Å². The van der Waals surface area contributed by atoms with E-state index in [0.29, 0.717) is 11.4 Å². The van der Waals surface area contributed by atoms with Crippen molar-refractivity contribution in [1.82, 2.24) is 4.98 Å². The average Bonchev–Trinajstić information content (AvgIpc) is 1.98. The summed E-state index contributed by atoms with van der Waals surface area (Å²) >= 11 is 0. The summed E-state index contributed by atoms with van der Waals surface area (Å²) in [4.78, 5) is 13.8. The Kier molecular flexibility index (Phi) is 2.15. The molecule has 0 atom stereocenters. The van der Waals surface area contributed by atoms with E-state index in [9.17, 15) is 4.91 Å². The number of pyridine rings is 1. The third-order valence-corrected chi connectivity index (χ3v) is 1.37. The van der Waals surface area contributed by atoms with Gasteiger partial charge in [-0.15, -0.1) is 0 Å². The molecule has 4 heteroatoms. The van der Waals surface area contributed by atoms with Crippen LogP contribution in [-0.2, 0) is 6.54 Å². The molecule has 0 fully saturated rings. The molecule has 1 aromatic rings. The first kappa shape index (κ1) is 7.65. The average molecular weight is 151 g/mol. The molecule has 0 aliphatic heterocycles. The molecule has 4 nitrogen and oxygen atoms in total. The number of anilines is 1. The van der Waals surface area contributed by atoms with Gasteiger partial charge in [0, 0.05) is 11.8 Å². The van der Waals surface area contributed by atoms with Crippen LogP contribution in [0.2, 0.25) is 0 Å². The maximum atomic E-state index is 9.90. The van der Waals surface area contributed by atoms with Crippen LogP contribution in [-0.4, -0.2) is 4.98 Å². The summed E-state index contributed by atoms with van der Waals surface area (Å²) in [5.74, 6) is 0.384. The summed E-state index contributed by atoms with van der Waals surface area (Å²) in [7, 11) is 0. The first-order valence-corrected chi connectivity index (χ1v) is 3.24. The molecule has 58 valence electrons. The second-order valence-corrected chi connectivity index (χ2v) is 2.34. The van der Waals surface area contributed by atoms with Crippen molar-refractivity contribution in [2.24, 2.45) is 5.18 Å². The van der Waals surface area contributed by atoms with Crippen molar-refractivity contribution in [2.75, 3.05) is 5.73 Å². The SMILES string of the molecule is Cc1cnc(N)c(CN=O)c1. The van der Waals surface area contributed by atoms with Crippen LogP contribution in [0.1, 0.15) is 11.1 Å². The van der Waals surface area contributed by atoms with Crippen LogP contribution in [0.3, 0.4) is 0 Å².